The van der Waals surface area contributed by atoms with E-state index in [-0.39, 0.29) is 12.5 Å². The highest BCUT2D eigenvalue weighted by atomic mass is 35.5. The Morgan fingerprint density at radius 2 is 1.77 bits per heavy atom. The van der Waals surface area contributed by atoms with Crippen molar-refractivity contribution in [1.29, 1.82) is 0 Å². The van der Waals surface area contributed by atoms with Crippen LogP contribution in [-0.4, -0.2) is 25.2 Å². The lowest BCUT2D eigenvalue weighted by molar-refractivity contribution is -0.118. The number of amides is 1. The molecular weight excluding hydrogens is 412 g/mol. The van der Waals surface area contributed by atoms with Gasteiger partial charge in [0.1, 0.15) is 0 Å². The molecule has 1 aliphatic carbocycles. The first-order valence-corrected chi connectivity index (χ1v) is 11.6. The molecule has 0 atom stereocenters. The fraction of sp³-hybridized carbons (Fsp3) is 0.480. The van der Waals surface area contributed by atoms with E-state index in [4.69, 9.17) is 21.1 Å². The van der Waals surface area contributed by atoms with Crippen molar-refractivity contribution < 1.29 is 14.3 Å². The van der Waals surface area contributed by atoms with Gasteiger partial charge in [-0.1, -0.05) is 55.0 Å². The third-order valence-corrected chi connectivity index (χ3v) is 5.78. The molecule has 2 aromatic carbocycles. The highest BCUT2D eigenvalue weighted by Crippen LogP contribution is 2.37. The molecule has 0 bridgehead atoms. The van der Waals surface area contributed by atoms with E-state index >= 15 is 0 Å². The highest BCUT2D eigenvalue weighted by molar-refractivity contribution is 6.32. The largest absolute Gasteiger partial charge is 0.490 e. The van der Waals surface area contributed by atoms with Crippen LogP contribution in [0.25, 0.3) is 0 Å². The normalized spacial score (nSPS) is 14.7. The lowest BCUT2D eigenvalue weighted by atomic mass is 10.1. The summed E-state index contributed by atoms with van der Waals surface area (Å²) in [4.78, 5) is 12.3. The molecule has 0 radical (unpaired) electrons. The monoisotopic (exact) mass is 444 g/mol. The molecule has 0 aliphatic heterocycles. The standard InChI is InChI=1S/C25H33ClN2O3/c1-3-30-23-15-19(16-27-20-8-6-4-5-7-9-20)14-22(26)25(23)31-17-24(29)28-21-12-10-18(2)11-13-21/h10-15,20,27H,3-9,16-17H2,1-2H3,(H,28,29). The summed E-state index contributed by atoms with van der Waals surface area (Å²) in [5, 5.41) is 6.93. The van der Waals surface area contributed by atoms with Crippen molar-refractivity contribution in [3.05, 3.63) is 52.5 Å². The molecule has 3 rings (SSSR count). The SMILES string of the molecule is CCOc1cc(CNC2CCCCCC2)cc(Cl)c1OCC(=O)Nc1ccc(C)cc1. The smallest absolute Gasteiger partial charge is 0.262 e. The summed E-state index contributed by atoms with van der Waals surface area (Å²) in [6.07, 6.45) is 7.71. The van der Waals surface area contributed by atoms with Crippen molar-refractivity contribution in [2.75, 3.05) is 18.5 Å². The molecule has 1 amide bonds. The molecule has 5 nitrogen and oxygen atoms in total. The molecule has 2 aromatic rings. The minimum Gasteiger partial charge on any atom is -0.490 e. The van der Waals surface area contributed by atoms with Gasteiger partial charge in [-0.05, 0) is 56.5 Å². The van der Waals surface area contributed by atoms with Crippen molar-refractivity contribution in [2.24, 2.45) is 0 Å². The summed E-state index contributed by atoms with van der Waals surface area (Å²) in [7, 11) is 0. The maximum atomic E-state index is 12.3. The number of benzene rings is 2. The number of aryl methyl sites for hydroxylation is 1. The van der Waals surface area contributed by atoms with Crippen LogP contribution in [0, 0.1) is 6.92 Å². The Morgan fingerprint density at radius 3 is 2.45 bits per heavy atom. The highest BCUT2D eigenvalue weighted by Gasteiger charge is 2.16. The molecule has 0 saturated heterocycles. The van der Waals surface area contributed by atoms with E-state index in [9.17, 15) is 4.79 Å². The van der Waals surface area contributed by atoms with Crippen LogP contribution in [0.4, 0.5) is 5.69 Å². The van der Waals surface area contributed by atoms with Crippen molar-refractivity contribution in [3.8, 4) is 11.5 Å². The lowest BCUT2D eigenvalue weighted by Gasteiger charge is -2.18. The number of anilines is 1. The number of hydrogen-bond donors (Lipinski definition) is 2. The molecule has 168 valence electrons. The summed E-state index contributed by atoms with van der Waals surface area (Å²) in [5.74, 6) is 0.720. The van der Waals surface area contributed by atoms with Gasteiger partial charge in [-0.3, -0.25) is 4.79 Å². The molecule has 0 spiro atoms. The minimum absolute atomic E-state index is 0.145. The van der Waals surface area contributed by atoms with E-state index in [2.05, 4.69) is 10.6 Å². The topological polar surface area (TPSA) is 59.6 Å². The van der Waals surface area contributed by atoms with E-state index in [0.717, 1.165) is 23.4 Å². The fourth-order valence-electron chi connectivity index (χ4n) is 3.84. The fourth-order valence-corrected chi connectivity index (χ4v) is 4.13. The van der Waals surface area contributed by atoms with Gasteiger partial charge in [-0.15, -0.1) is 0 Å². The number of ether oxygens (including phenoxy) is 2. The molecule has 1 aliphatic rings. The van der Waals surface area contributed by atoms with Crippen LogP contribution in [0.3, 0.4) is 0 Å². The minimum atomic E-state index is -0.249. The van der Waals surface area contributed by atoms with Crippen LogP contribution >= 0.6 is 11.6 Å². The maximum Gasteiger partial charge on any atom is 0.262 e. The van der Waals surface area contributed by atoms with Gasteiger partial charge >= 0.3 is 0 Å². The van der Waals surface area contributed by atoms with Gasteiger partial charge in [0.25, 0.3) is 5.91 Å². The third kappa shape index (κ3) is 7.44. The van der Waals surface area contributed by atoms with Crippen LogP contribution in [0.2, 0.25) is 5.02 Å². The van der Waals surface area contributed by atoms with E-state index < -0.39 is 0 Å². The van der Waals surface area contributed by atoms with Crippen LogP contribution in [0.15, 0.2) is 36.4 Å². The summed E-state index contributed by atoms with van der Waals surface area (Å²) >= 11 is 6.51. The number of halogens is 1. The molecule has 31 heavy (non-hydrogen) atoms. The van der Waals surface area contributed by atoms with Crippen LogP contribution in [0.5, 0.6) is 11.5 Å². The van der Waals surface area contributed by atoms with E-state index in [0.29, 0.717) is 29.2 Å². The van der Waals surface area contributed by atoms with Crippen LogP contribution in [-0.2, 0) is 11.3 Å². The van der Waals surface area contributed by atoms with E-state index in [1.54, 1.807) is 0 Å². The second-order valence-electron chi connectivity index (χ2n) is 8.11. The number of carbonyl (C=O) groups excluding carboxylic acids is 1. The average molecular weight is 445 g/mol. The van der Waals surface area contributed by atoms with Crippen molar-refractivity contribution in [3.63, 3.8) is 0 Å². The first-order chi connectivity index (χ1) is 15.0. The lowest BCUT2D eigenvalue weighted by Crippen LogP contribution is -2.27. The van der Waals surface area contributed by atoms with Gasteiger partial charge in [0.2, 0.25) is 0 Å². The van der Waals surface area contributed by atoms with Gasteiger partial charge in [0, 0.05) is 18.3 Å². The summed E-state index contributed by atoms with van der Waals surface area (Å²) < 4.78 is 11.5. The average Bonchev–Trinajstić information content (AvgIpc) is 3.02. The zero-order chi connectivity index (χ0) is 22.1. The zero-order valence-electron chi connectivity index (χ0n) is 18.5. The van der Waals surface area contributed by atoms with Crippen molar-refractivity contribution in [1.82, 2.24) is 5.32 Å². The number of rotatable bonds is 9. The Hall–Kier alpha value is -2.24. The van der Waals surface area contributed by atoms with Gasteiger partial charge in [-0.2, -0.15) is 0 Å². The quantitative estimate of drug-likeness (QED) is 0.474. The van der Waals surface area contributed by atoms with Gasteiger partial charge < -0.3 is 20.1 Å². The summed E-state index contributed by atoms with van der Waals surface area (Å²) in [6, 6.07) is 12.0. The van der Waals surface area contributed by atoms with Gasteiger partial charge in [-0.25, -0.2) is 0 Å². The summed E-state index contributed by atoms with van der Waals surface area (Å²) in [6.45, 7) is 4.99. The second-order valence-corrected chi connectivity index (χ2v) is 8.52. The Kier molecular flexibility index (Phi) is 9.04. The molecule has 1 fully saturated rings. The van der Waals surface area contributed by atoms with E-state index in [1.807, 2.05) is 50.2 Å². The predicted octanol–water partition coefficient (Wildman–Crippen LogP) is 5.88. The Morgan fingerprint density at radius 1 is 1.06 bits per heavy atom. The molecule has 1 saturated carbocycles. The van der Waals surface area contributed by atoms with Crippen LogP contribution in [0.1, 0.15) is 56.6 Å². The number of carbonyl (C=O) groups is 1. The maximum absolute atomic E-state index is 12.3. The molecule has 0 heterocycles. The number of hydrogen-bond acceptors (Lipinski definition) is 4. The number of nitrogens with one attached hydrogen (secondary N) is 2. The van der Waals surface area contributed by atoms with Crippen molar-refractivity contribution in [2.45, 2.75) is 65.0 Å². The van der Waals surface area contributed by atoms with Crippen LogP contribution < -0.4 is 20.1 Å². The summed E-state index contributed by atoms with van der Waals surface area (Å²) in [5.41, 5.74) is 2.92. The second kappa shape index (κ2) is 12.0. The Bertz CT molecular complexity index is 847. The molecule has 6 heteroatoms. The van der Waals surface area contributed by atoms with E-state index in [1.165, 1.54) is 38.5 Å². The first kappa shape index (κ1) is 23.4. The van der Waals surface area contributed by atoms with Gasteiger partial charge in [0.05, 0.1) is 11.6 Å². The van der Waals surface area contributed by atoms with Gasteiger partial charge in [0.15, 0.2) is 18.1 Å². The molecule has 2 N–H and O–H groups in total. The zero-order valence-corrected chi connectivity index (χ0v) is 19.3. The Balaban J connectivity index is 1.61. The first-order valence-electron chi connectivity index (χ1n) is 11.2. The molecule has 0 aromatic heterocycles. The Labute approximate surface area is 190 Å². The third-order valence-electron chi connectivity index (χ3n) is 5.50. The van der Waals surface area contributed by atoms with Crippen molar-refractivity contribution >= 4 is 23.2 Å². The molecular formula is C25H33ClN2O3. The predicted molar refractivity (Wildman–Crippen MR) is 126 cm³/mol. The molecule has 0 unspecified atom stereocenters.